The molecule has 5 aromatic rings. The molecular weight excluding hydrogens is 653 g/mol. The lowest BCUT2D eigenvalue weighted by molar-refractivity contribution is -0.132. The van der Waals surface area contributed by atoms with E-state index in [0.29, 0.717) is 49.5 Å². The summed E-state index contributed by atoms with van der Waals surface area (Å²) in [5.74, 6) is 0.965. The van der Waals surface area contributed by atoms with E-state index in [4.69, 9.17) is 18.9 Å². The molecule has 10 heteroatoms. The second kappa shape index (κ2) is 10.5. The van der Waals surface area contributed by atoms with Gasteiger partial charge in [-0.05, 0) is 83.6 Å². The molecule has 0 bridgehead atoms. The van der Waals surface area contributed by atoms with Crippen molar-refractivity contribution in [2.75, 3.05) is 6.61 Å². The van der Waals surface area contributed by atoms with Gasteiger partial charge in [-0.1, -0.05) is 28.1 Å². The van der Waals surface area contributed by atoms with Crippen molar-refractivity contribution in [2.45, 2.75) is 13.8 Å². The summed E-state index contributed by atoms with van der Waals surface area (Å²) in [4.78, 5) is 29.8. The first-order chi connectivity index (χ1) is 17.8. The molecule has 0 N–H and O–H groups in total. The molecule has 0 atom stereocenters. The van der Waals surface area contributed by atoms with Crippen LogP contribution in [0.5, 0.6) is 11.5 Å². The number of aromatic nitrogens is 2. The highest BCUT2D eigenvalue weighted by atomic mass is 127. The minimum Gasteiger partial charge on any atom is -0.490 e. The van der Waals surface area contributed by atoms with Gasteiger partial charge in [0.15, 0.2) is 17.3 Å². The van der Waals surface area contributed by atoms with Crippen LogP contribution in [0.15, 0.2) is 79.4 Å². The number of hydrogen-bond acceptors (Lipinski definition) is 7. The van der Waals surface area contributed by atoms with Crippen molar-refractivity contribution in [1.82, 2.24) is 9.66 Å². The van der Waals surface area contributed by atoms with Crippen LogP contribution in [0.25, 0.3) is 33.5 Å². The average Bonchev–Trinajstić information content (AvgIpc) is 3.28. The number of esters is 1. The molecule has 8 nitrogen and oxygen atoms in total. The number of fused-ring (bicyclic) bond motifs is 2. The third-order valence-electron chi connectivity index (χ3n) is 5.35. The lowest BCUT2D eigenvalue weighted by Gasteiger charge is -2.12. The van der Waals surface area contributed by atoms with Gasteiger partial charge in [0.2, 0.25) is 5.82 Å². The van der Waals surface area contributed by atoms with Crippen LogP contribution in [0, 0.1) is 3.57 Å². The van der Waals surface area contributed by atoms with Crippen LogP contribution in [-0.4, -0.2) is 28.5 Å². The van der Waals surface area contributed by atoms with Crippen LogP contribution >= 0.6 is 38.5 Å². The minimum atomic E-state index is -0.448. The van der Waals surface area contributed by atoms with E-state index in [2.05, 4.69) is 43.6 Å². The van der Waals surface area contributed by atoms with Crippen LogP contribution in [0.1, 0.15) is 19.4 Å². The summed E-state index contributed by atoms with van der Waals surface area (Å²) in [6.45, 7) is 3.55. The highest BCUT2D eigenvalue weighted by molar-refractivity contribution is 14.1. The largest absolute Gasteiger partial charge is 0.490 e. The number of furan rings is 1. The molecule has 2 heterocycles. The molecule has 186 valence electrons. The lowest BCUT2D eigenvalue weighted by Crippen LogP contribution is -2.20. The van der Waals surface area contributed by atoms with Gasteiger partial charge in [-0.3, -0.25) is 9.59 Å². The highest BCUT2D eigenvalue weighted by Crippen LogP contribution is 2.34. The van der Waals surface area contributed by atoms with E-state index in [0.717, 1.165) is 9.86 Å². The number of carbonyl (C=O) groups excluding carboxylic acids is 1. The number of benzene rings is 3. The summed E-state index contributed by atoms with van der Waals surface area (Å²) in [7, 11) is 0. The van der Waals surface area contributed by atoms with E-state index in [1.165, 1.54) is 17.8 Å². The van der Waals surface area contributed by atoms with Crippen molar-refractivity contribution in [3.63, 3.8) is 0 Å². The average molecular weight is 672 g/mol. The summed E-state index contributed by atoms with van der Waals surface area (Å²) in [5, 5.41) is 5.79. The van der Waals surface area contributed by atoms with Crippen molar-refractivity contribution in [3.8, 4) is 23.1 Å². The molecule has 3 aromatic carbocycles. The predicted molar refractivity (Wildman–Crippen MR) is 154 cm³/mol. The lowest BCUT2D eigenvalue weighted by atomic mass is 10.2. The number of halogens is 2. The molecule has 0 radical (unpaired) electrons. The van der Waals surface area contributed by atoms with Crippen molar-refractivity contribution < 1.29 is 18.7 Å². The molecule has 0 spiro atoms. The van der Waals surface area contributed by atoms with E-state index in [-0.39, 0.29) is 11.4 Å². The summed E-state index contributed by atoms with van der Waals surface area (Å²) in [6, 6.07) is 18.0. The molecule has 0 aliphatic rings. The van der Waals surface area contributed by atoms with Gasteiger partial charge in [-0.15, -0.1) is 0 Å². The number of nitrogens with zero attached hydrogens (tertiary/aromatic N) is 3. The first-order valence-corrected chi connectivity index (χ1v) is 13.1. The number of carbonyl (C=O) groups is 1. The summed E-state index contributed by atoms with van der Waals surface area (Å²) in [6.07, 6.45) is 1.53. The molecule has 37 heavy (non-hydrogen) atoms. The second-order valence-electron chi connectivity index (χ2n) is 7.96. The molecule has 0 unspecified atom stereocenters. The summed E-state index contributed by atoms with van der Waals surface area (Å²) in [5.41, 5.74) is 1.50. The summed E-state index contributed by atoms with van der Waals surface area (Å²) >= 11 is 5.54. The van der Waals surface area contributed by atoms with Crippen molar-refractivity contribution in [1.29, 1.82) is 0 Å². The Labute approximate surface area is 233 Å². The van der Waals surface area contributed by atoms with E-state index in [1.807, 2.05) is 37.3 Å². The number of ether oxygens (including phenoxy) is 2. The van der Waals surface area contributed by atoms with Crippen LogP contribution < -0.4 is 15.0 Å². The monoisotopic (exact) mass is 671 g/mol. The third-order valence-corrected chi connectivity index (χ3v) is 6.65. The molecule has 5 rings (SSSR count). The fraction of sp³-hybridized carbons (Fsp3) is 0.111. The first kappa shape index (κ1) is 25.2. The molecule has 0 fully saturated rings. The second-order valence-corrected chi connectivity index (χ2v) is 10.0. The first-order valence-electron chi connectivity index (χ1n) is 11.2. The molecule has 0 aliphatic heterocycles. The van der Waals surface area contributed by atoms with E-state index in [9.17, 15) is 9.59 Å². The Morgan fingerprint density at radius 3 is 2.78 bits per heavy atom. The third kappa shape index (κ3) is 5.16. The Kier molecular flexibility index (Phi) is 7.11. The SMILES string of the molecule is CCOc1cc(C=Nn2c(-c3cc4cc(Br)ccc4o3)nc3ccccc3c2=O)cc(I)c1OC(C)=O. The van der Waals surface area contributed by atoms with Crippen LogP contribution in [-0.2, 0) is 4.79 Å². The van der Waals surface area contributed by atoms with Crippen molar-refractivity contribution >= 4 is 72.6 Å². The Hall–Kier alpha value is -3.51. The number of para-hydroxylation sites is 1. The van der Waals surface area contributed by atoms with Crippen LogP contribution in [0.2, 0.25) is 0 Å². The Balaban J connectivity index is 1.66. The maximum atomic E-state index is 13.5. The van der Waals surface area contributed by atoms with Crippen molar-refractivity contribution in [3.05, 3.63) is 84.6 Å². The highest BCUT2D eigenvalue weighted by Gasteiger charge is 2.17. The molecular formula is C27H19BrIN3O5. The van der Waals surface area contributed by atoms with E-state index in [1.54, 1.807) is 30.3 Å². The van der Waals surface area contributed by atoms with Crippen LogP contribution in [0.4, 0.5) is 0 Å². The van der Waals surface area contributed by atoms with Gasteiger partial charge in [-0.2, -0.15) is 9.78 Å². The van der Waals surface area contributed by atoms with Gasteiger partial charge in [0.25, 0.3) is 5.56 Å². The zero-order valence-corrected chi connectivity index (χ0v) is 23.4. The van der Waals surface area contributed by atoms with Gasteiger partial charge in [0.05, 0.1) is 27.3 Å². The summed E-state index contributed by atoms with van der Waals surface area (Å²) < 4.78 is 19.9. The van der Waals surface area contributed by atoms with Gasteiger partial charge < -0.3 is 13.9 Å². The maximum absolute atomic E-state index is 13.5. The topological polar surface area (TPSA) is 95.9 Å². The molecule has 0 saturated heterocycles. The Morgan fingerprint density at radius 2 is 2.00 bits per heavy atom. The smallest absolute Gasteiger partial charge is 0.308 e. The van der Waals surface area contributed by atoms with E-state index >= 15 is 0 Å². The fourth-order valence-corrected chi connectivity index (χ4v) is 4.92. The van der Waals surface area contributed by atoms with E-state index < -0.39 is 5.97 Å². The number of hydrogen-bond donors (Lipinski definition) is 0. The standard InChI is InChI=1S/C27H19BrIN3O5/c1-3-35-23-11-16(10-20(29)25(23)36-15(2)33)14-30-32-26(31-21-7-5-4-6-19(21)27(32)34)24-13-17-12-18(28)8-9-22(17)37-24/h4-14H,3H2,1-2H3. The minimum absolute atomic E-state index is 0.267. The van der Waals surface area contributed by atoms with Crippen LogP contribution in [0.3, 0.4) is 0 Å². The van der Waals surface area contributed by atoms with Gasteiger partial charge >= 0.3 is 5.97 Å². The Bertz CT molecular complexity index is 1760. The number of rotatable bonds is 6. The van der Waals surface area contributed by atoms with Gasteiger partial charge in [0.1, 0.15) is 5.58 Å². The molecule has 0 amide bonds. The molecule has 0 saturated carbocycles. The van der Waals surface area contributed by atoms with Crippen molar-refractivity contribution in [2.24, 2.45) is 5.10 Å². The normalized spacial score (nSPS) is 11.5. The quantitative estimate of drug-likeness (QED) is 0.0900. The predicted octanol–water partition coefficient (Wildman–Crippen LogP) is 6.38. The molecule has 0 aliphatic carbocycles. The van der Waals surface area contributed by atoms with Gasteiger partial charge in [-0.25, -0.2) is 4.98 Å². The molecule has 2 aromatic heterocycles. The fourth-order valence-electron chi connectivity index (χ4n) is 3.81. The van der Waals surface area contributed by atoms with Gasteiger partial charge in [0, 0.05) is 16.8 Å². The zero-order chi connectivity index (χ0) is 26.1. The maximum Gasteiger partial charge on any atom is 0.308 e. The Morgan fingerprint density at radius 1 is 1.19 bits per heavy atom. The zero-order valence-electron chi connectivity index (χ0n) is 19.7.